The van der Waals surface area contributed by atoms with Crippen LogP contribution in [0.4, 0.5) is 8.78 Å². The molecule has 1 rings (SSSR count). The van der Waals surface area contributed by atoms with E-state index in [9.17, 15) is 13.6 Å². The molecular formula is C12H10ClF2NO2. The number of ether oxygens (including phenoxy) is 1. The van der Waals surface area contributed by atoms with Crippen molar-refractivity contribution in [1.29, 1.82) is 5.26 Å². The number of hydrogen-bond acceptors (Lipinski definition) is 3. The molecule has 96 valence electrons. The van der Waals surface area contributed by atoms with Gasteiger partial charge in [0.15, 0.2) is 0 Å². The van der Waals surface area contributed by atoms with Crippen molar-refractivity contribution in [2.24, 2.45) is 0 Å². The Kier molecular flexibility index (Phi) is 5.05. The Morgan fingerprint density at radius 1 is 1.50 bits per heavy atom. The van der Waals surface area contributed by atoms with Crippen molar-refractivity contribution < 1.29 is 18.3 Å². The molecule has 0 heterocycles. The number of hydrogen-bond donors (Lipinski definition) is 0. The summed E-state index contributed by atoms with van der Waals surface area (Å²) in [5, 5.41) is 8.88. The van der Waals surface area contributed by atoms with E-state index >= 15 is 0 Å². The number of nitrogens with zero attached hydrogens (tertiary/aromatic N) is 1. The van der Waals surface area contributed by atoms with Crippen LogP contribution in [0.5, 0.6) is 0 Å². The summed E-state index contributed by atoms with van der Waals surface area (Å²) >= 11 is 5.67. The largest absolute Gasteiger partial charge is 0.469 e. The van der Waals surface area contributed by atoms with Crippen LogP contribution in [-0.2, 0) is 21.8 Å². The van der Waals surface area contributed by atoms with Gasteiger partial charge in [0.05, 0.1) is 25.2 Å². The fourth-order valence-electron chi connectivity index (χ4n) is 1.60. The molecule has 18 heavy (non-hydrogen) atoms. The van der Waals surface area contributed by atoms with Crippen molar-refractivity contribution in [3.63, 3.8) is 0 Å². The van der Waals surface area contributed by atoms with Crippen LogP contribution in [0.1, 0.15) is 28.7 Å². The lowest BCUT2D eigenvalue weighted by atomic mass is 9.95. The average molecular weight is 274 g/mol. The Hall–Kier alpha value is -1.67. The van der Waals surface area contributed by atoms with Gasteiger partial charge in [0.2, 0.25) is 0 Å². The highest BCUT2D eigenvalue weighted by Crippen LogP contribution is 2.29. The summed E-state index contributed by atoms with van der Waals surface area (Å²) in [7, 11) is 1.17. The Morgan fingerprint density at radius 3 is 2.61 bits per heavy atom. The topological polar surface area (TPSA) is 50.1 Å². The van der Waals surface area contributed by atoms with Crippen molar-refractivity contribution in [3.8, 4) is 6.07 Å². The van der Waals surface area contributed by atoms with Crippen molar-refractivity contribution in [3.05, 3.63) is 34.4 Å². The number of carbonyl (C=O) groups excluding carboxylic acids is 1. The van der Waals surface area contributed by atoms with Crippen LogP contribution in [0, 0.1) is 11.3 Å². The van der Waals surface area contributed by atoms with Crippen LogP contribution in [0.25, 0.3) is 0 Å². The van der Waals surface area contributed by atoms with E-state index < -0.39 is 12.4 Å². The number of carbonyl (C=O) groups is 1. The summed E-state index contributed by atoms with van der Waals surface area (Å²) in [5.74, 6) is -0.770. The van der Waals surface area contributed by atoms with Crippen LogP contribution in [0.2, 0.25) is 0 Å². The number of alkyl halides is 3. The van der Waals surface area contributed by atoms with E-state index in [2.05, 4.69) is 4.74 Å². The fraction of sp³-hybridized carbons (Fsp3) is 0.333. The summed E-state index contributed by atoms with van der Waals surface area (Å²) in [6.45, 7) is 0. The van der Waals surface area contributed by atoms with Gasteiger partial charge < -0.3 is 4.74 Å². The standard InChI is InChI=1S/C12H10ClF2NO2/c1-18-11(17)4-9-8(12(14)15)3-2-7(6-16)10(9)5-13/h2-3,12H,4-5H2,1H3. The van der Waals surface area contributed by atoms with E-state index in [1.807, 2.05) is 6.07 Å². The van der Waals surface area contributed by atoms with Crippen molar-refractivity contribution in [2.45, 2.75) is 18.7 Å². The maximum Gasteiger partial charge on any atom is 0.310 e. The minimum atomic E-state index is -2.74. The van der Waals surface area contributed by atoms with Crippen LogP contribution in [0.3, 0.4) is 0 Å². The first-order valence-corrected chi connectivity index (χ1v) is 5.54. The minimum absolute atomic E-state index is 0.0749. The molecule has 0 amide bonds. The molecule has 0 atom stereocenters. The lowest BCUT2D eigenvalue weighted by Gasteiger charge is -2.13. The first-order valence-electron chi connectivity index (χ1n) is 5.00. The number of esters is 1. The van der Waals surface area contributed by atoms with Gasteiger partial charge in [-0.05, 0) is 17.2 Å². The highest BCUT2D eigenvalue weighted by Gasteiger charge is 2.21. The third-order valence-electron chi connectivity index (χ3n) is 2.51. The van der Waals surface area contributed by atoms with Crippen molar-refractivity contribution in [2.75, 3.05) is 7.11 Å². The Balaban J connectivity index is 3.39. The predicted octanol–water partition coefficient (Wildman–Crippen LogP) is 2.95. The van der Waals surface area contributed by atoms with E-state index in [-0.39, 0.29) is 34.6 Å². The van der Waals surface area contributed by atoms with Crippen LogP contribution >= 0.6 is 11.6 Å². The van der Waals surface area contributed by atoms with Gasteiger partial charge in [0, 0.05) is 11.4 Å². The molecule has 0 fully saturated rings. The van der Waals surface area contributed by atoms with E-state index in [4.69, 9.17) is 16.9 Å². The van der Waals surface area contributed by atoms with Crippen LogP contribution in [0.15, 0.2) is 12.1 Å². The molecule has 3 nitrogen and oxygen atoms in total. The quantitative estimate of drug-likeness (QED) is 0.626. The van der Waals surface area contributed by atoms with E-state index in [1.165, 1.54) is 13.2 Å². The van der Waals surface area contributed by atoms with Gasteiger partial charge in [-0.3, -0.25) is 4.79 Å². The molecule has 0 radical (unpaired) electrons. The monoisotopic (exact) mass is 273 g/mol. The van der Waals surface area contributed by atoms with Crippen molar-refractivity contribution >= 4 is 17.6 Å². The van der Waals surface area contributed by atoms with E-state index in [1.54, 1.807) is 0 Å². The molecule has 1 aromatic carbocycles. The smallest absolute Gasteiger partial charge is 0.310 e. The zero-order chi connectivity index (χ0) is 13.7. The second-order valence-corrected chi connectivity index (χ2v) is 3.73. The summed E-state index contributed by atoms with van der Waals surface area (Å²) in [5.41, 5.74) is 0.219. The highest BCUT2D eigenvalue weighted by atomic mass is 35.5. The third kappa shape index (κ3) is 2.96. The van der Waals surface area contributed by atoms with Crippen molar-refractivity contribution in [1.82, 2.24) is 0 Å². The molecule has 0 saturated heterocycles. The Bertz CT molecular complexity index is 498. The van der Waals surface area contributed by atoms with Gasteiger partial charge >= 0.3 is 5.97 Å². The molecule has 0 N–H and O–H groups in total. The van der Waals surface area contributed by atoms with Gasteiger partial charge in [-0.25, -0.2) is 8.78 Å². The number of rotatable bonds is 4. The molecule has 0 aliphatic heterocycles. The number of halogens is 3. The van der Waals surface area contributed by atoms with E-state index in [0.717, 1.165) is 6.07 Å². The van der Waals surface area contributed by atoms with Crippen LogP contribution < -0.4 is 0 Å². The molecule has 0 saturated carbocycles. The molecule has 0 aliphatic carbocycles. The van der Waals surface area contributed by atoms with Crippen LogP contribution in [-0.4, -0.2) is 13.1 Å². The summed E-state index contributed by atoms with van der Waals surface area (Å²) in [4.78, 5) is 11.2. The van der Waals surface area contributed by atoms with Gasteiger partial charge in [0.25, 0.3) is 6.43 Å². The molecule has 1 aromatic rings. The molecular weight excluding hydrogens is 264 g/mol. The fourth-order valence-corrected chi connectivity index (χ4v) is 1.90. The third-order valence-corrected chi connectivity index (χ3v) is 2.77. The SMILES string of the molecule is COC(=O)Cc1c(C(F)F)ccc(C#N)c1CCl. The highest BCUT2D eigenvalue weighted by molar-refractivity contribution is 6.17. The first-order chi connectivity index (χ1) is 8.54. The number of nitriles is 1. The molecule has 6 heteroatoms. The maximum absolute atomic E-state index is 12.9. The van der Waals surface area contributed by atoms with Gasteiger partial charge in [0.1, 0.15) is 0 Å². The second kappa shape index (κ2) is 6.31. The Labute approximate surface area is 108 Å². The summed E-state index contributed by atoms with van der Waals surface area (Å²) in [6.07, 6.45) is -3.06. The molecule has 0 aliphatic rings. The summed E-state index contributed by atoms with van der Waals surface area (Å²) < 4.78 is 30.2. The van der Waals surface area contributed by atoms with Gasteiger partial charge in [-0.1, -0.05) is 6.07 Å². The lowest BCUT2D eigenvalue weighted by Crippen LogP contribution is -2.11. The lowest BCUT2D eigenvalue weighted by molar-refractivity contribution is -0.139. The normalized spacial score (nSPS) is 10.2. The number of methoxy groups -OCH3 is 1. The average Bonchev–Trinajstić information content (AvgIpc) is 2.37. The van der Waals surface area contributed by atoms with E-state index in [0.29, 0.717) is 0 Å². The summed E-state index contributed by atoms with van der Waals surface area (Å²) in [6, 6.07) is 4.28. The molecule has 0 aromatic heterocycles. The minimum Gasteiger partial charge on any atom is -0.469 e. The zero-order valence-corrected chi connectivity index (χ0v) is 10.3. The van der Waals surface area contributed by atoms with Gasteiger partial charge in [-0.2, -0.15) is 5.26 Å². The first kappa shape index (κ1) is 14.4. The molecule has 0 spiro atoms. The molecule has 0 bridgehead atoms. The number of benzene rings is 1. The molecule has 0 unspecified atom stereocenters. The maximum atomic E-state index is 12.9. The zero-order valence-electron chi connectivity index (χ0n) is 9.54. The van der Waals surface area contributed by atoms with Gasteiger partial charge in [-0.15, -0.1) is 11.6 Å². The second-order valence-electron chi connectivity index (χ2n) is 3.46. The predicted molar refractivity (Wildman–Crippen MR) is 61.4 cm³/mol. The Morgan fingerprint density at radius 2 is 2.17 bits per heavy atom.